The minimum absolute atomic E-state index is 0.836. The van der Waals surface area contributed by atoms with Crippen molar-refractivity contribution in [3.63, 3.8) is 0 Å². The second kappa shape index (κ2) is 42.7. The molecule has 45 atom stereocenters. The highest BCUT2D eigenvalue weighted by Gasteiger charge is 2.62. The van der Waals surface area contributed by atoms with E-state index in [4.69, 9.17) is 80.5 Å². The zero-order valence-corrected chi connectivity index (χ0v) is 65.7. The summed E-state index contributed by atoms with van der Waals surface area (Å²) in [4.78, 5) is 91.7. The molecule has 0 aromatic rings. The summed E-state index contributed by atoms with van der Waals surface area (Å²) >= 11 is 0. The predicted molar refractivity (Wildman–Crippen MR) is 375 cm³/mol. The molecule has 684 valence electrons. The fourth-order valence-corrected chi connectivity index (χ4v) is 15.5. The van der Waals surface area contributed by atoms with E-state index in [-0.39, 0.29) is 0 Å². The van der Waals surface area contributed by atoms with Crippen LogP contribution in [-0.4, -0.2) is 466 Å². The number of nitrogens with one attached hydrogen (secondary N) is 7. The van der Waals surface area contributed by atoms with Gasteiger partial charge in [-0.2, -0.15) is 0 Å². The van der Waals surface area contributed by atoms with E-state index in [1.54, 1.807) is 0 Å². The number of rotatable bonds is 30. The van der Waals surface area contributed by atoms with Crippen molar-refractivity contribution in [1.82, 2.24) is 37.2 Å². The van der Waals surface area contributed by atoms with E-state index >= 15 is 0 Å². The fraction of sp³-hybridized carbons (Fsp3) is 0.897. The van der Waals surface area contributed by atoms with Gasteiger partial charge in [0, 0.05) is 48.5 Å². The Balaban J connectivity index is 1.11. The first-order valence-electron chi connectivity index (χ1n) is 38.3. The SMILES string of the molecule is CC(=O)N[C@H]1[C@H](O[C@H]2[C@H](O[C@@H]3O[C@@H](C)[C@@H](O)[C@@H](O)[C@@H]3O[C@H]3O[C@H](CO)[C@H](O)[C@H](O)[C@H]3NC(C)=O)[C@@H](NC(C)=O)[C@H](OC[C@H]3OC(O)[C@H](NC(C)=O)[C@@H](O[C@@H]4O[C@H](CO)[C@@H](O[C@@H]5O[C@H](CO)[C@H](O)[C@H](O)[C@H]5NC(C)=O)[C@H](O[C@@H]5O[C@@H](C)[C@@H](O)[C@@H](O)[C@@H]5O[C@H]5O[C@H](CO)[C@H](O)[C@H](O)[C@H]5NC(C)=O)[C@H]4NC(C)=O)[C@H]3O)O[C@@H]2CO)O[C@H](CO)[C@H](O)[C@@H]1O. The maximum absolute atomic E-state index is 13.9. The van der Waals surface area contributed by atoms with Gasteiger partial charge in [-0.25, -0.2) is 0 Å². The van der Waals surface area contributed by atoms with Crippen molar-refractivity contribution in [2.24, 2.45) is 0 Å². The highest BCUT2D eigenvalue weighted by atomic mass is 16.8. The first-order chi connectivity index (χ1) is 56.1. The first kappa shape index (κ1) is 97.6. The van der Waals surface area contributed by atoms with Gasteiger partial charge >= 0.3 is 0 Å². The highest BCUT2D eigenvalue weighted by molar-refractivity contribution is 5.75. The molecule has 27 N–H and O–H groups in total. The molecule has 0 aliphatic carbocycles. The van der Waals surface area contributed by atoms with E-state index in [1.807, 2.05) is 0 Å². The van der Waals surface area contributed by atoms with Crippen LogP contribution in [0.15, 0.2) is 0 Å². The van der Waals surface area contributed by atoms with E-state index in [9.17, 15) is 136 Å². The average molecular weight is 1730 g/mol. The van der Waals surface area contributed by atoms with Crippen LogP contribution in [0.3, 0.4) is 0 Å². The number of aliphatic hydroxyl groups is 20. The van der Waals surface area contributed by atoms with E-state index in [0.29, 0.717) is 0 Å². The largest absolute Gasteiger partial charge is 0.394 e. The van der Waals surface area contributed by atoms with Crippen LogP contribution in [0, 0.1) is 0 Å². The number of carbonyl (C=O) groups excluding carboxylic acids is 7. The number of ether oxygens (including phenoxy) is 17. The van der Waals surface area contributed by atoms with Gasteiger partial charge in [0.1, 0.15) is 207 Å². The highest BCUT2D eigenvalue weighted by Crippen LogP contribution is 2.41. The van der Waals surface area contributed by atoms with Crippen molar-refractivity contribution in [2.75, 3.05) is 46.2 Å². The van der Waals surface area contributed by atoms with Crippen LogP contribution >= 0.6 is 0 Å². The maximum Gasteiger partial charge on any atom is 0.217 e. The third kappa shape index (κ3) is 22.6. The molecule has 51 nitrogen and oxygen atoms in total. The van der Waals surface area contributed by atoms with Crippen LogP contribution in [0.4, 0.5) is 0 Å². The fourth-order valence-electron chi connectivity index (χ4n) is 15.5. The molecule has 9 heterocycles. The Bertz CT molecular complexity index is 3320. The molecule has 9 rings (SSSR count). The molecule has 1 unspecified atom stereocenters. The van der Waals surface area contributed by atoms with Gasteiger partial charge in [-0.3, -0.25) is 33.6 Å². The van der Waals surface area contributed by atoms with Crippen molar-refractivity contribution in [1.29, 1.82) is 0 Å². The quantitative estimate of drug-likeness (QED) is 0.0318. The molecule has 9 aliphatic heterocycles. The molecule has 0 saturated carbocycles. The second-order valence-corrected chi connectivity index (χ2v) is 30.3. The molecule has 7 amide bonds. The number of hydrogen-bond donors (Lipinski definition) is 27. The van der Waals surface area contributed by atoms with Crippen LogP contribution < -0.4 is 37.2 Å². The Morgan fingerprint density at radius 3 is 0.782 bits per heavy atom. The molecule has 9 fully saturated rings. The monoisotopic (exact) mass is 1730 g/mol. The normalized spacial score (nSPS) is 46.5. The third-order valence-electron chi connectivity index (χ3n) is 21.5. The van der Waals surface area contributed by atoms with Gasteiger partial charge < -0.3 is 220 Å². The third-order valence-corrected chi connectivity index (χ3v) is 21.5. The lowest BCUT2D eigenvalue weighted by atomic mass is 9.92. The van der Waals surface area contributed by atoms with Crippen molar-refractivity contribution >= 4 is 41.4 Å². The van der Waals surface area contributed by atoms with Crippen molar-refractivity contribution in [3.8, 4) is 0 Å². The topological polar surface area (TPSA) is 765 Å². The Labute approximate surface area is 677 Å². The van der Waals surface area contributed by atoms with Crippen LogP contribution in [0.25, 0.3) is 0 Å². The summed E-state index contributed by atoms with van der Waals surface area (Å²) in [5, 5.41) is 242. The molecule has 0 radical (unpaired) electrons. The Morgan fingerprint density at radius 2 is 0.479 bits per heavy atom. The molecule has 9 aliphatic rings. The van der Waals surface area contributed by atoms with Crippen LogP contribution in [0.1, 0.15) is 62.3 Å². The van der Waals surface area contributed by atoms with E-state index in [1.165, 1.54) is 13.8 Å². The summed E-state index contributed by atoms with van der Waals surface area (Å²) in [6, 6.07) is -13.1. The van der Waals surface area contributed by atoms with Gasteiger partial charge in [0.25, 0.3) is 0 Å². The smallest absolute Gasteiger partial charge is 0.217 e. The van der Waals surface area contributed by atoms with Crippen LogP contribution in [0.5, 0.6) is 0 Å². The van der Waals surface area contributed by atoms with Crippen molar-refractivity contribution < 1.29 is 216 Å². The molecule has 0 aromatic carbocycles. The summed E-state index contributed by atoms with van der Waals surface area (Å²) in [7, 11) is 0. The van der Waals surface area contributed by atoms with Crippen molar-refractivity contribution in [3.05, 3.63) is 0 Å². The van der Waals surface area contributed by atoms with Crippen LogP contribution in [-0.2, 0) is 114 Å². The number of aliphatic hydroxyl groups excluding tert-OH is 20. The van der Waals surface area contributed by atoms with E-state index in [2.05, 4.69) is 37.2 Å². The lowest BCUT2D eigenvalue weighted by Gasteiger charge is -2.52. The molecule has 119 heavy (non-hydrogen) atoms. The Morgan fingerprint density at radius 1 is 0.235 bits per heavy atom. The minimum Gasteiger partial charge on any atom is -0.394 e. The molecule has 51 heteroatoms. The molecular formula is C68H113N7O44. The zero-order valence-electron chi connectivity index (χ0n) is 65.7. The zero-order chi connectivity index (χ0) is 87.9. The van der Waals surface area contributed by atoms with Crippen molar-refractivity contribution in [2.45, 2.75) is 338 Å². The van der Waals surface area contributed by atoms with Gasteiger partial charge in [0.05, 0.1) is 58.5 Å². The molecular weight excluding hydrogens is 1620 g/mol. The summed E-state index contributed by atoms with van der Waals surface area (Å²) in [5.41, 5.74) is 0. The standard InChI is InChI=1S/C68H113N7O44/c1-17-40(89)51(100)58(118-64-35(71-21(5)84)49(98)44(93)28(12-78)109-64)67(104-17)116-56-38(74-24(8)87)61(111-30(14-80)53(56)113-62-33(69-19(3)82)47(96)42(91)26(10-76)107-62)103-16-32-46(95)55(37(60(102)106-32)73-23(7)86)115-66-39(75-25(9)88)57(54(31(15-81)112-66)114-63-34(70-20(4)83)48(97)43(92)27(11-77)108-63)117-68-59(52(101)41(90)18(2)105-68)119-65-36(72-22(6)85)50(99)45(94)29(13-79)110-65/h17-18,26-68,76-81,89-102H,10-16H2,1-9H3,(H,69,82)(H,70,83)(H,71,84)(H,72,85)(H,73,86)(H,74,87)(H,75,88)/t17-,18-,26+,27+,28+,29+,30+,31+,32+,33+,34+,35+,36+,37+,38+,39+,40+,41+,42-,43-,44-,45-,46-,47+,48+,49+,50+,51+,52+,53+,54+,55+,56+,57+,58-,59-,60?,61+,62-,63-,64+,65+,66-,67-,68-/m0/s1. The molecule has 0 aromatic heterocycles. The lowest BCUT2D eigenvalue weighted by Crippen LogP contribution is -2.73. The van der Waals surface area contributed by atoms with E-state index in [0.717, 1.165) is 48.5 Å². The summed E-state index contributed by atoms with van der Waals surface area (Å²) in [5.74, 6) is -6.37. The van der Waals surface area contributed by atoms with E-state index < -0.39 is 364 Å². The predicted octanol–water partition coefficient (Wildman–Crippen LogP) is -17.6. The summed E-state index contributed by atoms with van der Waals surface area (Å²) < 4.78 is 106. The first-order valence-corrected chi connectivity index (χ1v) is 38.3. The number of hydrogen-bond acceptors (Lipinski definition) is 44. The summed E-state index contributed by atoms with van der Waals surface area (Å²) in [6.07, 6.45) is -75.9. The Kier molecular flexibility index (Phi) is 35.0. The maximum atomic E-state index is 13.9. The van der Waals surface area contributed by atoms with Gasteiger partial charge in [-0.1, -0.05) is 0 Å². The van der Waals surface area contributed by atoms with Crippen LogP contribution in [0.2, 0.25) is 0 Å². The average Bonchev–Trinajstić information content (AvgIpc) is 0.756. The second-order valence-electron chi connectivity index (χ2n) is 30.3. The van der Waals surface area contributed by atoms with Gasteiger partial charge in [-0.05, 0) is 13.8 Å². The Hall–Kier alpha value is -5.19. The minimum atomic E-state index is -2.35. The van der Waals surface area contributed by atoms with Gasteiger partial charge in [0.2, 0.25) is 41.4 Å². The van der Waals surface area contributed by atoms with Gasteiger partial charge in [0.15, 0.2) is 56.6 Å². The van der Waals surface area contributed by atoms with Gasteiger partial charge in [-0.15, -0.1) is 0 Å². The lowest BCUT2D eigenvalue weighted by molar-refractivity contribution is -0.389. The summed E-state index contributed by atoms with van der Waals surface area (Å²) in [6.45, 7) is 1.74. The molecule has 0 spiro atoms. The number of amides is 7. The number of carbonyl (C=O) groups is 7. The molecule has 0 bridgehead atoms. The molecule has 9 saturated heterocycles.